The third-order valence-electron chi connectivity index (χ3n) is 0.862. The minimum Gasteiger partial charge on any atom is -0.329 e. The van der Waals surface area contributed by atoms with Crippen molar-refractivity contribution >= 4 is 0 Å². The summed E-state index contributed by atoms with van der Waals surface area (Å²) in [5.74, 6) is 0. The topological polar surface area (TPSA) is 88.8 Å². The fourth-order valence-corrected chi connectivity index (χ4v) is 0.430. The highest BCUT2D eigenvalue weighted by atomic mass is 15.1. The molecule has 0 heterocycles. The Hall–Kier alpha value is -0.520. The molecular formula is C5H15N5. The number of azo groups is 1. The molecule has 0 aliphatic heterocycles. The minimum absolute atomic E-state index is 0.492. The molecule has 60 valence electrons. The summed E-state index contributed by atoms with van der Waals surface area (Å²) in [6.45, 7) is 3.13. The Morgan fingerprint density at radius 3 is 2.40 bits per heavy atom. The van der Waals surface area contributed by atoms with Gasteiger partial charge in [-0.15, -0.1) is 0 Å². The van der Waals surface area contributed by atoms with Crippen molar-refractivity contribution in [3.63, 3.8) is 0 Å². The van der Waals surface area contributed by atoms with Crippen molar-refractivity contribution < 1.29 is 0 Å². The molecule has 0 fully saturated rings. The zero-order valence-electron chi connectivity index (χ0n) is 6.08. The van der Waals surface area contributed by atoms with Crippen LogP contribution >= 0.6 is 0 Å². The largest absolute Gasteiger partial charge is 0.329 e. The molecule has 0 saturated heterocycles. The Kier molecular flexibility index (Phi) is 8.04. The number of hydrogen-bond donors (Lipinski definition) is 3. The van der Waals surface area contributed by atoms with Crippen LogP contribution in [-0.4, -0.2) is 32.8 Å². The van der Waals surface area contributed by atoms with E-state index in [-0.39, 0.29) is 0 Å². The predicted octanol–water partition coefficient (Wildman–Crippen LogP) is -1.10. The SMILES string of the molecule is NCCN=NCCNCN. The summed E-state index contributed by atoms with van der Waals surface area (Å²) in [6.07, 6.45) is 0. The second-order valence-electron chi connectivity index (χ2n) is 1.72. The Bertz CT molecular complexity index is 82.1. The standard InChI is InChI=1S/C5H15N5/c6-1-2-9-10-4-3-8-5-7/h8H,1-7H2. The summed E-state index contributed by atoms with van der Waals surface area (Å²) in [4.78, 5) is 0. The molecule has 0 radical (unpaired) electrons. The molecular weight excluding hydrogens is 130 g/mol. The van der Waals surface area contributed by atoms with Crippen molar-refractivity contribution in [3.05, 3.63) is 0 Å². The molecule has 5 nitrogen and oxygen atoms in total. The summed E-state index contributed by atoms with van der Waals surface area (Å²) in [7, 11) is 0. The van der Waals surface area contributed by atoms with Crippen molar-refractivity contribution in [1.82, 2.24) is 5.32 Å². The lowest BCUT2D eigenvalue weighted by Crippen LogP contribution is -2.24. The molecule has 0 amide bonds. The van der Waals surface area contributed by atoms with E-state index in [1.54, 1.807) is 0 Å². The van der Waals surface area contributed by atoms with Crippen LogP contribution in [0.2, 0.25) is 0 Å². The Labute approximate surface area is 60.9 Å². The molecule has 0 aromatic carbocycles. The molecule has 0 aliphatic rings. The van der Waals surface area contributed by atoms with Crippen LogP contribution in [0.25, 0.3) is 0 Å². The summed E-state index contributed by atoms with van der Waals surface area (Å²) in [6, 6.07) is 0. The Morgan fingerprint density at radius 2 is 1.80 bits per heavy atom. The van der Waals surface area contributed by atoms with Gasteiger partial charge in [0.1, 0.15) is 0 Å². The fraction of sp³-hybridized carbons (Fsp3) is 1.00. The quantitative estimate of drug-likeness (QED) is 0.252. The molecule has 0 atom stereocenters. The van der Waals surface area contributed by atoms with E-state index in [0.717, 1.165) is 6.54 Å². The van der Waals surface area contributed by atoms with Gasteiger partial charge in [0.25, 0.3) is 0 Å². The van der Waals surface area contributed by atoms with E-state index in [4.69, 9.17) is 11.5 Å². The highest BCUT2D eigenvalue weighted by Gasteiger charge is 1.79. The lowest BCUT2D eigenvalue weighted by molar-refractivity contribution is 0.689. The number of nitrogens with two attached hydrogens (primary N) is 2. The molecule has 0 bridgehead atoms. The third kappa shape index (κ3) is 7.48. The van der Waals surface area contributed by atoms with Crippen LogP contribution in [0.4, 0.5) is 0 Å². The average molecular weight is 145 g/mol. The van der Waals surface area contributed by atoms with Crippen molar-refractivity contribution in [2.45, 2.75) is 0 Å². The van der Waals surface area contributed by atoms with Crippen LogP contribution in [0, 0.1) is 0 Å². The van der Waals surface area contributed by atoms with Gasteiger partial charge in [-0.2, -0.15) is 10.2 Å². The van der Waals surface area contributed by atoms with Gasteiger partial charge < -0.3 is 16.8 Å². The van der Waals surface area contributed by atoms with Crippen LogP contribution in [0.1, 0.15) is 0 Å². The molecule has 10 heavy (non-hydrogen) atoms. The van der Waals surface area contributed by atoms with Gasteiger partial charge in [0.15, 0.2) is 0 Å². The molecule has 0 aromatic heterocycles. The molecule has 0 saturated carbocycles. The van der Waals surface area contributed by atoms with Gasteiger partial charge in [-0.3, -0.25) is 0 Å². The van der Waals surface area contributed by atoms with E-state index in [2.05, 4.69) is 15.5 Å². The monoisotopic (exact) mass is 145 g/mol. The van der Waals surface area contributed by atoms with E-state index in [0.29, 0.717) is 26.3 Å². The number of hydrogen-bond acceptors (Lipinski definition) is 5. The van der Waals surface area contributed by atoms with Gasteiger partial charge in [0.05, 0.1) is 13.1 Å². The second-order valence-corrected chi connectivity index (χ2v) is 1.72. The highest BCUT2D eigenvalue weighted by Crippen LogP contribution is 1.72. The van der Waals surface area contributed by atoms with Gasteiger partial charge in [-0.05, 0) is 0 Å². The van der Waals surface area contributed by atoms with Crippen LogP contribution in [0.3, 0.4) is 0 Å². The maximum atomic E-state index is 5.18. The Morgan fingerprint density at radius 1 is 1.10 bits per heavy atom. The van der Waals surface area contributed by atoms with Crippen molar-refractivity contribution in [3.8, 4) is 0 Å². The first-order valence-corrected chi connectivity index (χ1v) is 3.36. The molecule has 0 rings (SSSR count). The lowest BCUT2D eigenvalue weighted by Gasteiger charge is -1.94. The molecule has 0 aliphatic carbocycles. The number of nitrogens with zero attached hydrogens (tertiary/aromatic N) is 2. The van der Waals surface area contributed by atoms with E-state index < -0.39 is 0 Å². The molecule has 0 unspecified atom stereocenters. The predicted molar refractivity (Wildman–Crippen MR) is 40.7 cm³/mol. The van der Waals surface area contributed by atoms with Gasteiger partial charge in [-0.1, -0.05) is 0 Å². The van der Waals surface area contributed by atoms with Gasteiger partial charge in [-0.25, -0.2) is 0 Å². The summed E-state index contributed by atoms with van der Waals surface area (Å²) in [5.41, 5.74) is 10.3. The van der Waals surface area contributed by atoms with Crippen molar-refractivity contribution in [2.75, 3.05) is 32.8 Å². The number of nitrogens with one attached hydrogen (secondary N) is 1. The zero-order chi connectivity index (χ0) is 7.66. The van der Waals surface area contributed by atoms with E-state index in [1.165, 1.54) is 0 Å². The highest BCUT2D eigenvalue weighted by molar-refractivity contribution is 4.45. The van der Waals surface area contributed by atoms with Crippen molar-refractivity contribution in [1.29, 1.82) is 0 Å². The van der Waals surface area contributed by atoms with Crippen LogP contribution in [0.5, 0.6) is 0 Å². The first-order chi connectivity index (χ1) is 4.91. The first-order valence-electron chi connectivity index (χ1n) is 3.36. The van der Waals surface area contributed by atoms with Crippen LogP contribution in [0.15, 0.2) is 10.2 Å². The van der Waals surface area contributed by atoms with Crippen LogP contribution < -0.4 is 16.8 Å². The smallest absolute Gasteiger partial charge is 0.0724 e. The van der Waals surface area contributed by atoms with E-state index in [1.807, 2.05) is 0 Å². The molecule has 5 heteroatoms. The van der Waals surface area contributed by atoms with Gasteiger partial charge in [0, 0.05) is 19.8 Å². The van der Waals surface area contributed by atoms with E-state index in [9.17, 15) is 0 Å². The minimum atomic E-state index is 0.492. The van der Waals surface area contributed by atoms with E-state index >= 15 is 0 Å². The average Bonchev–Trinajstić information content (AvgIpc) is 1.97. The zero-order valence-corrected chi connectivity index (χ0v) is 6.08. The maximum absolute atomic E-state index is 5.18. The van der Waals surface area contributed by atoms with Gasteiger partial charge >= 0.3 is 0 Å². The second kappa shape index (κ2) is 8.48. The first kappa shape index (κ1) is 9.48. The third-order valence-corrected chi connectivity index (χ3v) is 0.862. The summed E-state index contributed by atoms with van der Waals surface area (Å²) < 4.78 is 0. The van der Waals surface area contributed by atoms with Gasteiger partial charge in [0.2, 0.25) is 0 Å². The van der Waals surface area contributed by atoms with Crippen molar-refractivity contribution in [2.24, 2.45) is 21.7 Å². The molecule has 0 aromatic rings. The lowest BCUT2D eigenvalue weighted by atomic mass is 10.6. The van der Waals surface area contributed by atoms with Crippen LogP contribution in [-0.2, 0) is 0 Å². The summed E-state index contributed by atoms with van der Waals surface area (Å²) >= 11 is 0. The normalized spacial score (nSPS) is 11.0. The fourth-order valence-electron chi connectivity index (χ4n) is 0.430. The molecule has 5 N–H and O–H groups in total. The maximum Gasteiger partial charge on any atom is 0.0724 e. The molecule has 0 spiro atoms. The number of rotatable bonds is 6. The Balaban J connectivity index is 2.88. The summed E-state index contributed by atoms with van der Waals surface area (Å²) in [5, 5.41) is 10.5.